The molecule has 5 nitrogen and oxygen atoms in total. The van der Waals surface area contributed by atoms with Crippen molar-refractivity contribution in [2.75, 3.05) is 13.2 Å². The van der Waals surface area contributed by atoms with Gasteiger partial charge in [0.1, 0.15) is 35.2 Å². The summed E-state index contributed by atoms with van der Waals surface area (Å²) < 4.78 is 11.0. The first-order valence-electron chi connectivity index (χ1n) is 6.97. The van der Waals surface area contributed by atoms with Crippen molar-refractivity contribution in [2.24, 2.45) is 0 Å². The lowest BCUT2D eigenvalue weighted by molar-refractivity contribution is 0.262. The number of fused-ring (bicyclic) bond motifs is 1. The van der Waals surface area contributed by atoms with E-state index < -0.39 is 0 Å². The number of benzene rings is 2. The van der Waals surface area contributed by atoms with Crippen LogP contribution in [0.5, 0.6) is 5.75 Å². The highest BCUT2D eigenvalue weighted by molar-refractivity contribution is 5.73. The van der Waals surface area contributed by atoms with Gasteiger partial charge in [-0.1, -0.05) is 18.2 Å². The molecule has 0 saturated carbocycles. The summed E-state index contributed by atoms with van der Waals surface area (Å²) in [6.45, 7) is 3.39. The van der Waals surface area contributed by atoms with Crippen LogP contribution in [0.1, 0.15) is 5.56 Å². The summed E-state index contributed by atoms with van der Waals surface area (Å²) in [5.74, 6) is 0.774. The van der Waals surface area contributed by atoms with Crippen LogP contribution in [0.15, 0.2) is 42.5 Å². The highest BCUT2D eigenvalue weighted by Gasteiger charge is 2.24. The number of hydrogen-bond acceptors (Lipinski definition) is 4. The van der Waals surface area contributed by atoms with Crippen molar-refractivity contribution in [1.29, 1.82) is 0 Å². The molecule has 1 fully saturated rings. The standard InChI is InChI=1S/C16H15N3O2/c1-11-6-7-16(21-10-12-9-20-12)15(8-11)19-17-13-4-2-3-5-14(13)18-19/h2-8,12H,9-10H2,1H3. The first kappa shape index (κ1) is 12.3. The van der Waals surface area contributed by atoms with Crippen LogP contribution in [0, 0.1) is 6.92 Å². The van der Waals surface area contributed by atoms with Crippen molar-refractivity contribution < 1.29 is 9.47 Å². The van der Waals surface area contributed by atoms with E-state index in [1.165, 1.54) is 0 Å². The number of aromatic nitrogens is 3. The molecule has 2 heterocycles. The molecule has 0 aliphatic carbocycles. The second-order valence-electron chi connectivity index (χ2n) is 5.22. The summed E-state index contributed by atoms with van der Waals surface area (Å²) in [5, 5.41) is 9.04. The van der Waals surface area contributed by atoms with E-state index in [-0.39, 0.29) is 6.10 Å². The van der Waals surface area contributed by atoms with Crippen LogP contribution < -0.4 is 4.74 Å². The second kappa shape index (κ2) is 4.86. The van der Waals surface area contributed by atoms with Crippen LogP contribution in [-0.2, 0) is 4.74 Å². The molecule has 1 atom stereocenters. The van der Waals surface area contributed by atoms with E-state index in [0.29, 0.717) is 6.61 Å². The molecular formula is C16H15N3O2. The van der Waals surface area contributed by atoms with Crippen molar-refractivity contribution in [3.05, 3.63) is 48.0 Å². The van der Waals surface area contributed by atoms with Gasteiger partial charge in [-0.2, -0.15) is 0 Å². The normalized spacial score (nSPS) is 17.1. The van der Waals surface area contributed by atoms with Crippen molar-refractivity contribution in [3.8, 4) is 11.4 Å². The van der Waals surface area contributed by atoms with E-state index in [1.54, 1.807) is 4.80 Å². The predicted octanol–water partition coefficient (Wildman–Crippen LogP) is 2.51. The first-order chi connectivity index (χ1) is 10.3. The summed E-state index contributed by atoms with van der Waals surface area (Å²) in [5.41, 5.74) is 3.74. The predicted molar refractivity (Wildman–Crippen MR) is 78.8 cm³/mol. The van der Waals surface area contributed by atoms with Gasteiger partial charge in [0.25, 0.3) is 0 Å². The average Bonchev–Trinajstić information content (AvgIpc) is 3.22. The minimum atomic E-state index is 0.226. The summed E-state index contributed by atoms with van der Waals surface area (Å²) >= 11 is 0. The molecule has 1 aliphatic rings. The maximum Gasteiger partial charge on any atom is 0.146 e. The zero-order chi connectivity index (χ0) is 14.2. The molecule has 1 aromatic heterocycles. The summed E-state index contributed by atoms with van der Waals surface area (Å²) in [6, 6.07) is 13.8. The third-order valence-corrected chi connectivity index (χ3v) is 3.44. The number of nitrogens with zero attached hydrogens (tertiary/aromatic N) is 3. The molecule has 0 spiro atoms. The van der Waals surface area contributed by atoms with E-state index in [9.17, 15) is 0 Å². The zero-order valence-electron chi connectivity index (χ0n) is 11.7. The summed E-state index contributed by atoms with van der Waals surface area (Å²) in [6.07, 6.45) is 0.226. The molecule has 0 amide bonds. The Morgan fingerprint density at radius 1 is 1.19 bits per heavy atom. The highest BCUT2D eigenvalue weighted by atomic mass is 16.6. The second-order valence-corrected chi connectivity index (χ2v) is 5.22. The van der Waals surface area contributed by atoms with Crippen molar-refractivity contribution in [2.45, 2.75) is 13.0 Å². The van der Waals surface area contributed by atoms with Gasteiger partial charge in [-0.25, -0.2) is 0 Å². The number of epoxide rings is 1. The Morgan fingerprint density at radius 3 is 2.57 bits per heavy atom. The number of aryl methyl sites for hydroxylation is 1. The molecule has 2 aromatic carbocycles. The van der Waals surface area contributed by atoms with Gasteiger partial charge >= 0.3 is 0 Å². The molecule has 4 rings (SSSR count). The molecule has 0 bridgehead atoms. The molecule has 3 aromatic rings. The van der Waals surface area contributed by atoms with Crippen LogP contribution >= 0.6 is 0 Å². The summed E-state index contributed by atoms with van der Waals surface area (Å²) in [7, 11) is 0. The van der Waals surface area contributed by atoms with E-state index in [4.69, 9.17) is 9.47 Å². The van der Waals surface area contributed by atoms with Crippen molar-refractivity contribution >= 4 is 11.0 Å². The molecule has 0 radical (unpaired) electrons. The largest absolute Gasteiger partial charge is 0.488 e. The monoisotopic (exact) mass is 281 g/mol. The molecular weight excluding hydrogens is 266 g/mol. The highest BCUT2D eigenvalue weighted by Crippen LogP contribution is 2.25. The minimum absolute atomic E-state index is 0.226. The zero-order valence-corrected chi connectivity index (χ0v) is 11.7. The van der Waals surface area contributed by atoms with Gasteiger partial charge in [0.2, 0.25) is 0 Å². The number of rotatable bonds is 4. The lowest BCUT2D eigenvalue weighted by Crippen LogP contribution is -2.08. The molecule has 1 aliphatic heterocycles. The van der Waals surface area contributed by atoms with Gasteiger partial charge in [-0.05, 0) is 36.8 Å². The van der Waals surface area contributed by atoms with Crippen molar-refractivity contribution in [1.82, 2.24) is 15.0 Å². The van der Waals surface area contributed by atoms with Crippen LogP contribution in [0.3, 0.4) is 0 Å². The fourth-order valence-corrected chi connectivity index (χ4v) is 2.22. The number of hydrogen-bond donors (Lipinski definition) is 0. The van der Waals surface area contributed by atoms with Gasteiger partial charge in [-0.3, -0.25) is 0 Å². The van der Waals surface area contributed by atoms with Crippen LogP contribution in [-0.4, -0.2) is 34.3 Å². The van der Waals surface area contributed by atoms with Gasteiger partial charge < -0.3 is 9.47 Å². The third kappa shape index (κ3) is 2.48. The topological polar surface area (TPSA) is 52.5 Å². The molecule has 1 unspecified atom stereocenters. The smallest absolute Gasteiger partial charge is 0.146 e. The molecule has 106 valence electrons. The van der Waals surface area contributed by atoms with Gasteiger partial charge in [0.05, 0.1) is 6.61 Å². The first-order valence-corrected chi connectivity index (χ1v) is 6.97. The van der Waals surface area contributed by atoms with E-state index in [0.717, 1.165) is 34.6 Å². The molecule has 21 heavy (non-hydrogen) atoms. The lowest BCUT2D eigenvalue weighted by atomic mass is 10.2. The Balaban J connectivity index is 1.75. The van der Waals surface area contributed by atoms with Gasteiger partial charge in [0.15, 0.2) is 0 Å². The minimum Gasteiger partial charge on any atom is -0.488 e. The molecule has 1 saturated heterocycles. The van der Waals surface area contributed by atoms with Crippen LogP contribution in [0.4, 0.5) is 0 Å². The van der Waals surface area contributed by atoms with Crippen LogP contribution in [0.25, 0.3) is 16.7 Å². The fourth-order valence-electron chi connectivity index (χ4n) is 2.22. The molecule has 5 heteroatoms. The van der Waals surface area contributed by atoms with Gasteiger partial charge in [0, 0.05) is 0 Å². The number of ether oxygens (including phenoxy) is 2. The fraction of sp³-hybridized carbons (Fsp3) is 0.250. The Labute approximate surface area is 122 Å². The Morgan fingerprint density at radius 2 is 1.90 bits per heavy atom. The van der Waals surface area contributed by atoms with Crippen LogP contribution in [0.2, 0.25) is 0 Å². The third-order valence-electron chi connectivity index (χ3n) is 3.44. The molecule has 0 N–H and O–H groups in total. The average molecular weight is 281 g/mol. The Hall–Kier alpha value is -2.40. The van der Waals surface area contributed by atoms with E-state index >= 15 is 0 Å². The maximum absolute atomic E-state index is 5.84. The van der Waals surface area contributed by atoms with E-state index in [2.05, 4.69) is 10.2 Å². The van der Waals surface area contributed by atoms with Gasteiger partial charge in [-0.15, -0.1) is 15.0 Å². The Kier molecular flexibility index (Phi) is 2.86. The van der Waals surface area contributed by atoms with E-state index in [1.807, 2.05) is 49.4 Å². The SMILES string of the molecule is Cc1ccc(OCC2CO2)c(-n2nc3ccccc3n2)c1. The van der Waals surface area contributed by atoms with Crippen molar-refractivity contribution in [3.63, 3.8) is 0 Å². The summed E-state index contributed by atoms with van der Waals surface area (Å²) in [4.78, 5) is 1.64. The lowest BCUT2D eigenvalue weighted by Gasteiger charge is -2.10. The maximum atomic E-state index is 5.84. The Bertz CT molecular complexity index is 760. The quantitative estimate of drug-likeness (QED) is 0.689.